The summed E-state index contributed by atoms with van der Waals surface area (Å²) in [6.07, 6.45) is 0. The number of rotatable bonds is 3. The minimum Gasteiger partial charge on any atom is -0.497 e. The molecule has 0 aliphatic heterocycles. The van der Waals surface area contributed by atoms with Crippen LogP contribution in [-0.2, 0) is 4.74 Å². The number of esters is 1. The maximum atomic E-state index is 11.4. The molecule has 0 N–H and O–H groups in total. The maximum absolute atomic E-state index is 11.4. The van der Waals surface area contributed by atoms with Gasteiger partial charge in [0.15, 0.2) is 0 Å². The summed E-state index contributed by atoms with van der Waals surface area (Å²) in [7, 11) is 3.02. The first-order valence-corrected chi connectivity index (χ1v) is 8.14. The summed E-state index contributed by atoms with van der Waals surface area (Å²) >= 11 is 0. The van der Waals surface area contributed by atoms with Gasteiger partial charge in [0.05, 0.1) is 19.8 Å². The summed E-state index contributed by atoms with van der Waals surface area (Å²) in [5.41, 5.74) is 4.54. The topological polar surface area (TPSA) is 35.5 Å². The van der Waals surface area contributed by atoms with Crippen molar-refractivity contribution >= 4 is 5.97 Å². The van der Waals surface area contributed by atoms with Gasteiger partial charge in [-0.2, -0.15) is 0 Å². The quantitative estimate of drug-likeness (QED) is 0.517. The Morgan fingerprint density at radius 2 is 1.15 bits per heavy atom. The lowest BCUT2D eigenvalue weighted by atomic mass is 10.0. The smallest absolute Gasteiger partial charge is 0.337 e. The van der Waals surface area contributed by atoms with Crippen molar-refractivity contribution in [2.24, 2.45) is 0 Å². The van der Waals surface area contributed by atoms with Gasteiger partial charge < -0.3 is 9.47 Å². The lowest BCUT2D eigenvalue weighted by Gasteiger charge is -2.04. The normalized spacial score (nSPS) is 9.77. The molecule has 0 aromatic heterocycles. The Labute approximate surface area is 153 Å². The van der Waals surface area contributed by atoms with Crippen molar-refractivity contribution in [3.63, 3.8) is 0 Å². The van der Waals surface area contributed by atoms with Crippen LogP contribution in [0.2, 0.25) is 0 Å². The molecule has 0 amide bonds. The number of hydrogen-bond acceptors (Lipinski definition) is 3. The molecule has 0 fully saturated rings. The van der Waals surface area contributed by atoms with Gasteiger partial charge in [-0.1, -0.05) is 36.1 Å². The molecule has 0 aliphatic carbocycles. The van der Waals surface area contributed by atoms with Crippen LogP contribution in [0.25, 0.3) is 11.1 Å². The number of benzene rings is 3. The van der Waals surface area contributed by atoms with Gasteiger partial charge >= 0.3 is 5.97 Å². The summed E-state index contributed by atoms with van der Waals surface area (Å²) in [6, 6.07) is 23.1. The van der Waals surface area contributed by atoms with Crippen LogP contribution in [0, 0.1) is 11.8 Å². The third-order valence-corrected chi connectivity index (χ3v) is 3.97. The molecule has 3 heteroatoms. The van der Waals surface area contributed by atoms with E-state index < -0.39 is 0 Å². The van der Waals surface area contributed by atoms with Crippen LogP contribution in [0.1, 0.15) is 21.5 Å². The van der Waals surface area contributed by atoms with E-state index in [1.165, 1.54) is 7.11 Å². The number of hydrogen-bond donors (Lipinski definition) is 0. The van der Waals surface area contributed by atoms with E-state index in [9.17, 15) is 4.79 Å². The Kier molecular flexibility index (Phi) is 5.36. The zero-order valence-corrected chi connectivity index (χ0v) is 14.7. The molecule has 26 heavy (non-hydrogen) atoms. The highest BCUT2D eigenvalue weighted by atomic mass is 16.5. The van der Waals surface area contributed by atoms with E-state index in [0.717, 1.165) is 28.0 Å². The van der Waals surface area contributed by atoms with Gasteiger partial charge in [0.2, 0.25) is 0 Å². The third kappa shape index (κ3) is 4.12. The van der Waals surface area contributed by atoms with Crippen LogP contribution >= 0.6 is 0 Å². The Bertz CT molecular complexity index is 942. The summed E-state index contributed by atoms with van der Waals surface area (Å²) in [4.78, 5) is 11.4. The van der Waals surface area contributed by atoms with Crippen molar-refractivity contribution in [3.8, 4) is 28.7 Å². The van der Waals surface area contributed by atoms with Crippen LogP contribution in [-0.4, -0.2) is 20.2 Å². The fourth-order valence-corrected chi connectivity index (χ4v) is 2.48. The van der Waals surface area contributed by atoms with Crippen LogP contribution < -0.4 is 4.74 Å². The van der Waals surface area contributed by atoms with Crippen molar-refractivity contribution in [2.75, 3.05) is 14.2 Å². The van der Waals surface area contributed by atoms with Crippen LogP contribution in [0.4, 0.5) is 0 Å². The van der Waals surface area contributed by atoms with Gasteiger partial charge in [0.25, 0.3) is 0 Å². The van der Waals surface area contributed by atoms with Crippen molar-refractivity contribution in [2.45, 2.75) is 0 Å². The third-order valence-electron chi connectivity index (χ3n) is 3.97. The van der Waals surface area contributed by atoms with Crippen molar-refractivity contribution in [1.82, 2.24) is 0 Å². The Balaban J connectivity index is 1.73. The van der Waals surface area contributed by atoms with Gasteiger partial charge in [-0.25, -0.2) is 4.79 Å². The molecule has 3 nitrogen and oxygen atoms in total. The number of ether oxygens (including phenoxy) is 2. The van der Waals surface area contributed by atoms with Crippen LogP contribution in [0.5, 0.6) is 5.75 Å². The summed E-state index contributed by atoms with van der Waals surface area (Å²) in [5, 5.41) is 0. The molecular formula is C23H18O3. The zero-order valence-electron chi connectivity index (χ0n) is 14.7. The standard InChI is InChI=1S/C23H18O3/c1-25-22-15-13-20(14-16-22)19-9-5-17(6-10-19)3-4-18-7-11-21(12-8-18)23(24)26-2/h5-16H,1-2H3. The van der Waals surface area contributed by atoms with E-state index in [4.69, 9.17) is 4.74 Å². The molecule has 0 saturated heterocycles. The second-order valence-electron chi connectivity index (χ2n) is 5.62. The molecule has 0 atom stereocenters. The van der Waals surface area contributed by atoms with Crippen molar-refractivity contribution in [1.29, 1.82) is 0 Å². The predicted octanol–water partition coefficient (Wildman–Crippen LogP) is 4.55. The largest absolute Gasteiger partial charge is 0.497 e. The minimum atomic E-state index is -0.348. The van der Waals surface area contributed by atoms with E-state index in [0.29, 0.717) is 5.56 Å². The van der Waals surface area contributed by atoms with Gasteiger partial charge in [-0.05, 0) is 59.7 Å². The molecule has 0 heterocycles. The van der Waals surface area contributed by atoms with E-state index in [1.807, 2.05) is 60.7 Å². The molecule has 128 valence electrons. The van der Waals surface area contributed by atoms with Crippen molar-refractivity contribution < 1.29 is 14.3 Å². The highest BCUT2D eigenvalue weighted by Crippen LogP contribution is 2.22. The fraction of sp³-hybridized carbons (Fsp3) is 0.0870. The van der Waals surface area contributed by atoms with E-state index in [-0.39, 0.29) is 5.97 Å². The average molecular weight is 342 g/mol. The van der Waals surface area contributed by atoms with Gasteiger partial charge in [0, 0.05) is 11.1 Å². The summed E-state index contributed by atoms with van der Waals surface area (Å²) < 4.78 is 9.87. The van der Waals surface area contributed by atoms with Gasteiger partial charge in [0.1, 0.15) is 5.75 Å². The molecule has 3 aromatic rings. The van der Waals surface area contributed by atoms with Gasteiger partial charge in [-0.15, -0.1) is 0 Å². The minimum absolute atomic E-state index is 0.348. The monoisotopic (exact) mass is 342 g/mol. The summed E-state index contributed by atoms with van der Waals surface area (Å²) in [6.45, 7) is 0. The Morgan fingerprint density at radius 1 is 0.692 bits per heavy atom. The molecule has 0 radical (unpaired) electrons. The molecule has 0 unspecified atom stereocenters. The summed E-state index contributed by atoms with van der Waals surface area (Å²) in [5.74, 6) is 6.73. The first-order valence-electron chi connectivity index (χ1n) is 8.14. The number of methoxy groups -OCH3 is 2. The second-order valence-corrected chi connectivity index (χ2v) is 5.62. The number of carbonyl (C=O) groups is 1. The lowest BCUT2D eigenvalue weighted by Crippen LogP contribution is -2.00. The highest BCUT2D eigenvalue weighted by molar-refractivity contribution is 5.89. The number of carbonyl (C=O) groups excluding carboxylic acids is 1. The van der Waals surface area contributed by atoms with Crippen molar-refractivity contribution in [3.05, 3.63) is 89.5 Å². The Morgan fingerprint density at radius 3 is 1.62 bits per heavy atom. The zero-order chi connectivity index (χ0) is 18.4. The van der Waals surface area contributed by atoms with Crippen LogP contribution in [0.3, 0.4) is 0 Å². The maximum Gasteiger partial charge on any atom is 0.337 e. The highest BCUT2D eigenvalue weighted by Gasteiger charge is 2.03. The SMILES string of the molecule is COC(=O)c1ccc(C#Cc2ccc(-c3ccc(OC)cc3)cc2)cc1. The van der Waals surface area contributed by atoms with E-state index >= 15 is 0 Å². The molecule has 3 rings (SSSR count). The predicted molar refractivity (Wildman–Crippen MR) is 102 cm³/mol. The Hall–Kier alpha value is -3.51. The van der Waals surface area contributed by atoms with Gasteiger partial charge in [-0.3, -0.25) is 0 Å². The molecule has 0 saturated carbocycles. The van der Waals surface area contributed by atoms with E-state index in [2.05, 4.69) is 16.6 Å². The van der Waals surface area contributed by atoms with E-state index in [1.54, 1.807) is 19.2 Å². The molecule has 0 bridgehead atoms. The first-order chi connectivity index (χ1) is 12.7. The second kappa shape index (κ2) is 8.04. The average Bonchev–Trinajstić information content (AvgIpc) is 2.72. The first kappa shape index (κ1) is 17.3. The molecule has 3 aromatic carbocycles. The molecule has 0 aliphatic rings. The van der Waals surface area contributed by atoms with Crippen LogP contribution in [0.15, 0.2) is 72.8 Å². The molecular weight excluding hydrogens is 324 g/mol. The fourth-order valence-electron chi connectivity index (χ4n) is 2.48. The molecule has 0 spiro atoms. The lowest BCUT2D eigenvalue weighted by molar-refractivity contribution is 0.0600.